The first-order chi connectivity index (χ1) is 9.44. The van der Waals surface area contributed by atoms with Crippen molar-refractivity contribution in [2.24, 2.45) is 5.41 Å². The van der Waals surface area contributed by atoms with Gasteiger partial charge in [0.1, 0.15) is 11.5 Å². The molecule has 2 rings (SSSR count). The number of pyridine rings is 1. The van der Waals surface area contributed by atoms with Gasteiger partial charge in [-0.15, -0.1) is 0 Å². The smallest absolute Gasteiger partial charge is 0.311 e. The number of nitrogens with one attached hydrogen (secondary N) is 1. The number of anilines is 1. The summed E-state index contributed by atoms with van der Waals surface area (Å²) in [7, 11) is 0. The second kappa shape index (κ2) is 5.44. The number of rotatable bonds is 5. The van der Waals surface area contributed by atoms with Gasteiger partial charge in [-0.2, -0.15) is 0 Å². The van der Waals surface area contributed by atoms with Crippen LogP contribution in [0.3, 0.4) is 0 Å². The molecule has 1 aromatic rings. The third-order valence-electron chi connectivity index (χ3n) is 3.88. The standard InChI is InChI=1S/C13H17N3O4/c1-9-10(16(19)20)4-5-11(15-9)14-8-13(12(17)18)6-2-3-7-13/h4-5H,2-3,6-8H2,1H3,(H,14,15)(H,17,18). The highest BCUT2D eigenvalue weighted by molar-refractivity contribution is 5.75. The number of nitro groups is 1. The molecule has 108 valence electrons. The Bertz CT molecular complexity index is 538. The van der Waals surface area contributed by atoms with Crippen LogP contribution in [0.15, 0.2) is 12.1 Å². The number of carboxylic acid groups (broad SMARTS) is 1. The number of hydrogen-bond donors (Lipinski definition) is 2. The van der Waals surface area contributed by atoms with E-state index in [-0.39, 0.29) is 5.69 Å². The summed E-state index contributed by atoms with van der Waals surface area (Å²) >= 11 is 0. The maximum Gasteiger partial charge on any atom is 0.311 e. The van der Waals surface area contributed by atoms with E-state index in [0.29, 0.717) is 30.9 Å². The molecule has 0 atom stereocenters. The van der Waals surface area contributed by atoms with Gasteiger partial charge < -0.3 is 10.4 Å². The molecule has 2 N–H and O–H groups in total. The largest absolute Gasteiger partial charge is 0.481 e. The van der Waals surface area contributed by atoms with Crippen molar-refractivity contribution in [1.82, 2.24) is 4.98 Å². The highest BCUT2D eigenvalue weighted by Crippen LogP contribution is 2.38. The first-order valence-corrected chi connectivity index (χ1v) is 6.54. The van der Waals surface area contributed by atoms with Crippen molar-refractivity contribution in [2.75, 3.05) is 11.9 Å². The second-order valence-corrected chi connectivity index (χ2v) is 5.20. The van der Waals surface area contributed by atoms with Crippen LogP contribution in [0.25, 0.3) is 0 Å². The van der Waals surface area contributed by atoms with Crippen LogP contribution < -0.4 is 5.32 Å². The summed E-state index contributed by atoms with van der Waals surface area (Å²) in [6.45, 7) is 1.86. The Morgan fingerprint density at radius 1 is 1.50 bits per heavy atom. The Balaban J connectivity index is 2.09. The normalized spacial score (nSPS) is 16.9. The SMILES string of the molecule is Cc1nc(NCC2(C(=O)O)CCCC2)ccc1[N+](=O)[O-]. The van der Waals surface area contributed by atoms with Crippen LogP contribution in [-0.2, 0) is 4.79 Å². The number of aliphatic carboxylic acids is 1. The third kappa shape index (κ3) is 2.71. The lowest BCUT2D eigenvalue weighted by Crippen LogP contribution is -2.35. The average molecular weight is 279 g/mol. The Kier molecular flexibility index (Phi) is 3.87. The van der Waals surface area contributed by atoms with Gasteiger partial charge >= 0.3 is 5.97 Å². The molecule has 20 heavy (non-hydrogen) atoms. The van der Waals surface area contributed by atoms with Crippen molar-refractivity contribution in [1.29, 1.82) is 0 Å². The summed E-state index contributed by atoms with van der Waals surface area (Å²) in [5.41, 5.74) is -0.461. The van der Waals surface area contributed by atoms with Gasteiger partial charge in [0.15, 0.2) is 0 Å². The zero-order chi connectivity index (χ0) is 14.8. The monoisotopic (exact) mass is 279 g/mol. The number of carbonyl (C=O) groups is 1. The average Bonchev–Trinajstić information content (AvgIpc) is 2.86. The van der Waals surface area contributed by atoms with Crippen molar-refractivity contribution >= 4 is 17.5 Å². The van der Waals surface area contributed by atoms with Crippen LogP contribution in [0.2, 0.25) is 0 Å². The second-order valence-electron chi connectivity index (χ2n) is 5.20. The van der Waals surface area contributed by atoms with E-state index in [9.17, 15) is 20.0 Å². The van der Waals surface area contributed by atoms with Crippen molar-refractivity contribution in [2.45, 2.75) is 32.6 Å². The van der Waals surface area contributed by atoms with Crippen molar-refractivity contribution in [3.8, 4) is 0 Å². The molecule has 1 aliphatic carbocycles. The van der Waals surface area contributed by atoms with E-state index in [2.05, 4.69) is 10.3 Å². The molecule has 0 bridgehead atoms. The molecule has 7 heteroatoms. The summed E-state index contributed by atoms with van der Waals surface area (Å²) in [5, 5.41) is 23.1. The van der Waals surface area contributed by atoms with Gasteiger partial charge in [-0.3, -0.25) is 14.9 Å². The van der Waals surface area contributed by atoms with E-state index in [1.807, 2.05) is 0 Å². The first-order valence-electron chi connectivity index (χ1n) is 6.54. The van der Waals surface area contributed by atoms with E-state index in [1.54, 1.807) is 6.92 Å². The molecular formula is C13H17N3O4. The molecule has 0 aromatic carbocycles. The van der Waals surface area contributed by atoms with Gasteiger partial charge in [0.05, 0.1) is 10.3 Å². The Morgan fingerprint density at radius 3 is 2.65 bits per heavy atom. The van der Waals surface area contributed by atoms with E-state index >= 15 is 0 Å². The fourth-order valence-electron chi connectivity index (χ4n) is 2.62. The summed E-state index contributed by atoms with van der Waals surface area (Å²) in [4.78, 5) is 25.7. The summed E-state index contributed by atoms with van der Waals surface area (Å²) in [6, 6.07) is 2.89. The van der Waals surface area contributed by atoms with Gasteiger partial charge in [-0.1, -0.05) is 12.8 Å². The van der Waals surface area contributed by atoms with Crippen molar-refractivity contribution in [3.63, 3.8) is 0 Å². The van der Waals surface area contributed by atoms with Gasteiger partial charge in [0, 0.05) is 12.6 Å². The molecule has 0 radical (unpaired) electrons. The lowest BCUT2D eigenvalue weighted by molar-refractivity contribution is -0.385. The minimum Gasteiger partial charge on any atom is -0.481 e. The van der Waals surface area contributed by atoms with E-state index in [1.165, 1.54) is 12.1 Å². The number of hydrogen-bond acceptors (Lipinski definition) is 5. The number of aromatic nitrogens is 1. The van der Waals surface area contributed by atoms with Crippen LogP contribution in [-0.4, -0.2) is 27.5 Å². The molecule has 1 fully saturated rings. The number of nitrogens with zero attached hydrogens (tertiary/aromatic N) is 2. The van der Waals surface area contributed by atoms with E-state index in [4.69, 9.17) is 0 Å². The topological polar surface area (TPSA) is 105 Å². The first kappa shape index (κ1) is 14.2. The molecule has 0 unspecified atom stereocenters. The van der Waals surface area contributed by atoms with E-state index in [0.717, 1.165) is 12.8 Å². The Labute approximate surface area is 116 Å². The van der Waals surface area contributed by atoms with Crippen LogP contribution in [0.1, 0.15) is 31.4 Å². The molecule has 7 nitrogen and oxygen atoms in total. The fourth-order valence-corrected chi connectivity index (χ4v) is 2.62. The minimum absolute atomic E-state index is 0.0376. The lowest BCUT2D eigenvalue weighted by atomic mass is 9.86. The van der Waals surface area contributed by atoms with Crippen molar-refractivity contribution < 1.29 is 14.8 Å². The molecule has 1 aliphatic rings. The minimum atomic E-state index is -0.791. The summed E-state index contributed by atoms with van der Waals surface area (Å²) in [5.74, 6) is -0.318. The molecular weight excluding hydrogens is 262 g/mol. The zero-order valence-electron chi connectivity index (χ0n) is 11.3. The van der Waals surface area contributed by atoms with Crippen LogP contribution in [0.4, 0.5) is 11.5 Å². The maximum absolute atomic E-state index is 11.4. The third-order valence-corrected chi connectivity index (χ3v) is 3.88. The summed E-state index contributed by atoms with van der Waals surface area (Å²) < 4.78 is 0. The molecule has 0 aliphatic heterocycles. The van der Waals surface area contributed by atoms with Crippen LogP contribution in [0, 0.1) is 22.5 Å². The van der Waals surface area contributed by atoms with Gasteiger partial charge in [0.25, 0.3) is 5.69 Å². The number of aryl methyl sites for hydroxylation is 1. The van der Waals surface area contributed by atoms with Gasteiger partial charge in [-0.25, -0.2) is 4.98 Å². The molecule has 0 saturated heterocycles. The predicted octanol–water partition coefficient (Wildman–Crippen LogP) is 2.36. The summed E-state index contributed by atoms with van der Waals surface area (Å²) in [6.07, 6.45) is 3.14. The fraction of sp³-hybridized carbons (Fsp3) is 0.538. The Hall–Kier alpha value is -2.18. The Morgan fingerprint density at radius 2 is 2.15 bits per heavy atom. The predicted molar refractivity (Wildman–Crippen MR) is 72.7 cm³/mol. The van der Waals surface area contributed by atoms with Gasteiger partial charge in [-0.05, 0) is 25.8 Å². The number of carboxylic acids is 1. The van der Waals surface area contributed by atoms with E-state index < -0.39 is 16.3 Å². The lowest BCUT2D eigenvalue weighted by Gasteiger charge is -2.24. The quantitative estimate of drug-likeness (QED) is 0.633. The molecule has 1 aromatic heterocycles. The van der Waals surface area contributed by atoms with Crippen molar-refractivity contribution in [3.05, 3.63) is 27.9 Å². The molecule has 0 amide bonds. The van der Waals surface area contributed by atoms with Gasteiger partial charge in [0.2, 0.25) is 0 Å². The maximum atomic E-state index is 11.4. The molecule has 1 saturated carbocycles. The van der Waals surface area contributed by atoms with Crippen LogP contribution >= 0.6 is 0 Å². The highest BCUT2D eigenvalue weighted by atomic mass is 16.6. The molecule has 0 spiro atoms. The van der Waals surface area contributed by atoms with Crippen LogP contribution in [0.5, 0.6) is 0 Å². The zero-order valence-corrected chi connectivity index (χ0v) is 11.3. The molecule has 1 heterocycles. The highest BCUT2D eigenvalue weighted by Gasteiger charge is 2.41.